The van der Waals surface area contributed by atoms with Crippen molar-refractivity contribution in [3.8, 4) is 0 Å². The van der Waals surface area contributed by atoms with E-state index in [1.807, 2.05) is 17.0 Å². The van der Waals surface area contributed by atoms with Crippen molar-refractivity contribution in [2.24, 2.45) is 5.73 Å². The summed E-state index contributed by atoms with van der Waals surface area (Å²) in [6, 6.07) is 3.97. The van der Waals surface area contributed by atoms with Gasteiger partial charge in [0.15, 0.2) is 0 Å². The second-order valence-electron chi connectivity index (χ2n) is 3.78. The highest BCUT2D eigenvalue weighted by Crippen LogP contribution is 2.14. The van der Waals surface area contributed by atoms with Gasteiger partial charge < -0.3 is 15.5 Å². The van der Waals surface area contributed by atoms with Crippen LogP contribution in [0.5, 0.6) is 0 Å². The Kier molecular flexibility index (Phi) is 3.36. The average Bonchev–Trinajstić information content (AvgIpc) is 2.39. The molecular formula is C11H16N4O. The second-order valence-corrected chi connectivity index (χ2v) is 3.78. The van der Waals surface area contributed by atoms with E-state index in [1.54, 1.807) is 12.4 Å². The van der Waals surface area contributed by atoms with Crippen molar-refractivity contribution in [1.29, 1.82) is 0 Å². The number of aromatic nitrogens is 1. The van der Waals surface area contributed by atoms with Gasteiger partial charge in [-0.2, -0.15) is 0 Å². The average molecular weight is 220 g/mol. The van der Waals surface area contributed by atoms with Gasteiger partial charge in [0, 0.05) is 44.3 Å². The molecule has 0 bridgehead atoms. The molecule has 1 amide bonds. The van der Waals surface area contributed by atoms with Crippen molar-refractivity contribution in [3.63, 3.8) is 0 Å². The minimum absolute atomic E-state index is 0.0365. The number of piperazine rings is 1. The minimum atomic E-state index is 0.0365. The van der Waals surface area contributed by atoms with Crippen molar-refractivity contribution in [2.75, 3.05) is 37.6 Å². The molecule has 0 saturated carbocycles. The maximum absolute atomic E-state index is 11.4. The Morgan fingerprint density at radius 1 is 1.25 bits per heavy atom. The highest BCUT2D eigenvalue weighted by molar-refractivity contribution is 5.78. The van der Waals surface area contributed by atoms with Crippen LogP contribution in [0.3, 0.4) is 0 Å². The third kappa shape index (κ3) is 2.30. The van der Waals surface area contributed by atoms with Crippen molar-refractivity contribution < 1.29 is 4.79 Å². The van der Waals surface area contributed by atoms with E-state index in [-0.39, 0.29) is 12.5 Å². The summed E-state index contributed by atoms with van der Waals surface area (Å²) in [6.07, 6.45) is 3.57. The Hall–Kier alpha value is -1.62. The van der Waals surface area contributed by atoms with E-state index in [4.69, 9.17) is 5.73 Å². The molecule has 1 saturated heterocycles. The first-order valence-corrected chi connectivity index (χ1v) is 5.44. The standard InChI is InChI=1S/C11H16N4O/c12-9-11(16)15-7-5-14(6-8-15)10-1-3-13-4-2-10/h1-4H,5-9,12H2. The summed E-state index contributed by atoms with van der Waals surface area (Å²) < 4.78 is 0. The van der Waals surface area contributed by atoms with Crippen molar-refractivity contribution in [1.82, 2.24) is 9.88 Å². The van der Waals surface area contributed by atoms with Crippen LogP contribution in [0.25, 0.3) is 0 Å². The van der Waals surface area contributed by atoms with E-state index in [1.165, 1.54) is 0 Å². The smallest absolute Gasteiger partial charge is 0.236 e. The molecule has 86 valence electrons. The van der Waals surface area contributed by atoms with Gasteiger partial charge in [-0.15, -0.1) is 0 Å². The van der Waals surface area contributed by atoms with E-state index in [9.17, 15) is 4.79 Å². The maximum Gasteiger partial charge on any atom is 0.236 e. The lowest BCUT2D eigenvalue weighted by Crippen LogP contribution is -2.50. The van der Waals surface area contributed by atoms with Gasteiger partial charge in [-0.1, -0.05) is 0 Å². The number of nitrogens with two attached hydrogens (primary N) is 1. The molecule has 1 aromatic rings. The second kappa shape index (κ2) is 4.94. The summed E-state index contributed by atoms with van der Waals surface area (Å²) in [5.41, 5.74) is 6.50. The molecule has 5 heteroatoms. The van der Waals surface area contributed by atoms with Crippen LogP contribution in [0.2, 0.25) is 0 Å². The third-order valence-electron chi connectivity index (χ3n) is 2.83. The molecule has 2 rings (SSSR count). The van der Waals surface area contributed by atoms with Crippen LogP contribution in [0.1, 0.15) is 0 Å². The van der Waals surface area contributed by atoms with Crippen molar-refractivity contribution in [3.05, 3.63) is 24.5 Å². The fraction of sp³-hybridized carbons (Fsp3) is 0.455. The van der Waals surface area contributed by atoms with Crippen LogP contribution >= 0.6 is 0 Å². The Morgan fingerprint density at radius 2 is 1.88 bits per heavy atom. The number of carbonyl (C=O) groups excluding carboxylic acids is 1. The molecule has 0 aromatic carbocycles. The molecule has 1 aliphatic rings. The Balaban J connectivity index is 1.93. The van der Waals surface area contributed by atoms with Gasteiger partial charge in [-0.05, 0) is 12.1 Å². The molecule has 16 heavy (non-hydrogen) atoms. The number of amides is 1. The molecule has 0 aliphatic carbocycles. The Morgan fingerprint density at radius 3 is 2.44 bits per heavy atom. The van der Waals surface area contributed by atoms with E-state index in [0.29, 0.717) is 0 Å². The highest BCUT2D eigenvalue weighted by Gasteiger charge is 2.19. The molecule has 1 aliphatic heterocycles. The van der Waals surface area contributed by atoms with Gasteiger partial charge in [0.05, 0.1) is 6.54 Å². The van der Waals surface area contributed by atoms with Gasteiger partial charge in [-0.25, -0.2) is 0 Å². The number of hydrogen-bond acceptors (Lipinski definition) is 4. The van der Waals surface area contributed by atoms with Gasteiger partial charge in [0.1, 0.15) is 0 Å². The molecule has 1 aromatic heterocycles. The monoisotopic (exact) mass is 220 g/mol. The lowest BCUT2D eigenvalue weighted by molar-refractivity contribution is -0.129. The number of pyridine rings is 1. The van der Waals surface area contributed by atoms with Gasteiger partial charge in [0.25, 0.3) is 0 Å². The first-order chi connectivity index (χ1) is 7.81. The summed E-state index contributed by atoms with van der Waals surface area (Å²) in [6.45, 7) is 3.32. The topological polar surface area (TPSA) is 62.5 Å². The number of nitrogens with zero attached hydrogens (tertiary/aromatic N) is 3. The lowest BCUT2D eigenvalue weighted by atomic mass is 10.2. The van der Waals surface area contributed by atoms with Crippen LogP contribution in [-0.4, -0.2) is 48.5 Å². The summed E-state index contributed by atoms with van der Waals surface area (Å²) in [7, 11) is 0. The Bertz CT molecular complexity index is 346. The SMILES string of the molecule is NCC(=O)N1CCN(c2ccncc2)CC1. The largest absolute Gasteiger partial charge is 0.368 e. The van der Waals surface area contributed by atoms with Crippen LogP contribution in [0.15, 0.2) is 24.5 Å². The minimum Gasteiger partial charge on any atom is -0.368 e. The summed E-state index contributed by atoms with van der Waals surface area (Å²) >= 11 is 0. The molecule has 5 nitrogen and oxygen atoms in total. The maximum atomic E-state index is 11.4. The molecule has 0 spiro atoms. The molecule has 1 fully saturated rings. The quantitative estimate of drug-likeness (QED) is 0.742. The van der Waals surface area contributed by atoms with Gasteiger partial charge in [-0.3, -0.25) is 9.78 Å². The van der Waals surface area contributed by atoms with E-state index >= 15 is 0 Å². The van der Waals surface area contributed by atoms with E-state index in [0.717, 1.165) is 31.9 Å². The third-order valence-corrected chi connectivity index (χ3v) is 2.83. The molecule has 2 N–H and O–H groups in total. The van der Waals surface area contributed by atoms with Crippen molar-refractivity contribution >= 4 is 11.6 Å². The zero-order chi connectivity index (χ0) is 11.4. The first kappa shape index (κ1) is 10.9. The summed E-state index contributed by atoms with van der Waals surface area (Å²) in [4.78, 5) is 19.4. The molecule has 2 heterocycles. The first-order valence-electron chi connectivity index (χ1n) is 5.44. The van der Waals surface area contributed by atoms with E-state index < -0.39 is 0 Å². The summed E-state index contributed by atoms with van der Waals surface area (Å²) in [5, 5.41) is 0. The Labute approximate surface area is 94.9 Å². The predicted octanol–water partition coefficient (Wildman–Crippen LogP) is -0.311. The van der Waals surface area contributed by atoms with Crippen LogP contribution < -0.4 is 10.6 Å². The lowest BCUT2D eigenvalue weighted by Gasteiger charge is -2.35. The molecule has 0 radical (unpaired) electrons. The zero-order valence-electron chi connectivity index (χ0n) is 9.17. The van der Waals surface area contributed by atoms with E-state index in [2.05, 4.69) is 9.88 Å². The number of rotatable bonds is 2. The molecule has 0 unspecified atom stereocenters. The van der Waals surface area contributed by atoms with Gasteiger partial charge >= 0.3 is 0 Å². The molecular weight excluding hydrogens is 204 g/mol. The zero-order valence-corrected chi connectivity index (χ0v) is 9.17. The fourth-order valence-electron chi connectivity index (χ4n) is 1.90. The highest BCUT2D eigenvalue weighted by atomic mass is 16.2. The van der Waals surface area contributed by atoms with Crippen LogP contribution in [-0.2, 0) is 4.79 Å². The van der Waals surface area contributed by atoms with Crippen molar-refractivity contribution in [2.45, 2.75) is 0 Å². The number of carbonyl (C=O) groups is 1. The normalized spacial score (nSPS) is 16.3. The summed E-state index contributed by atoms with van der Waals surface area (Å²) in [5.74, 6) is 0.0365. The predicted molar refractivity (Wildman–Crippen MR) is 62.1 cm³/mol. The van der Waals surface area contributed by atoms with Gasteiger partial charge in [0.2, 0.25) is 5.91 Å². The van der Waals surface area contributed by atoms with Crippen LogP contribution in [0, 0.1) is 0 Å². The van der Waals surface area contributed by atoms with Crippen LogP contribution in [0.4, 0.5) is 5.69 Å². The fourth-order valence-corrected chi connectivity index (χ4v) is 1.90. The number of anilines is 1. The molecule has 0 atom stereocenters. The number of hydrogen-bond donors (Lipinski definition) is 1.